The van der Waals surface area contributed by atoms with Gasteiger partial charge in [-0.3, -0.25) is 0 Å². The lowest BCUT2D eigenvalue weighted by Gasteiger charge is -2.17. The molecule has 0 atom stereocenters. The number of ether oxygens (including phenoxy) is 3. The third kappa shape index (κ3) is 1.64. The van der Waals surface area contributed by atoms with Gasteiger partial charge in [0.25, 0.3) is 0 Å². The first kappa shape index (κ1) is 7.41. The number of rotatable bonds is 2. The molecule has 1 heterocycles. The van der Waals surface area contributed by atoms with Crippen LogP contribution in [0.2, 0.25) is 0 Å². The zero-order valence-corrected chi connectivity index (χ0v) is 6.51. The second-order valence-corrected chi connectivity index (χ2v) is 2.64. The Hall–Kier alpha value is -0.700. The zero-order valence-electron chi connectivity index (χ0n) is 6.51. The van der Waals surface area contributed by atoms with Crippen LogP contribution in [0.3, 0.4) is 0 Å². The lowest BCUT2D eigenvalue weighted by molar-refractivity contribution is -0.120. The molecule has 0 spiro atoms. The Kier molecular flexibility index (Phi) is 1.85. The van der Waals surface area contributed by atoms with E-state index in [1.54, 1.807) is 13.4 Å². The fourth-order valence-corrected chi connectivity index (χ4v) is 0.777. The third-order valence-corrected chi connectivity index (χ3v) is 1.14. The van der Waals surface area contributed by atoms with E-state index in [0.29, 0.717) is 6.61 Å². The van der Waals surface area contributed by atoms with Gasteiger partial charge >= 0.3 is 0 Å². The third-order valence-electron chi connectivity index (χ3n) is 1.14. The second-order valence-electron chi connectivity index (χ2n) is 2.64. The summed E-state index contributed by atoms with van der Waals surface area (Å²) in [4.78, 5) is 0. The molecule has 58 valence electrons. The zero-order chi connectivity index (χ0) is 7.61. The van der Waals surface area contributed by atoms with Crippen LogP contribution in [0.15, 0.2) is 12.0 Å². The van der Waals surface area contributed by atoms with E-state index in [2.05, 4.69) is 0 Å². The normalized spacial score (nSPS) is 21.3. The summed E-state index contributed by atoms with van der Waals surface area (Å²) < 4.78 is 15.3. The Morgan fingerprint density at radius 1 is 1.60 bits per heavy atom. The first-order valence-corrected chi connectivity index (χ1v) is 3.19. The van der Waals surface area contributed by atoms with Crippen molar-refractivity contribution in [3.8, 4) is 0 Å². The van der Waals surface area contributed by atoms with Crippen LogP contribution in [-0.4, -0.2) is 19.5 Å². The van der Waals surface area contributed by atoms with E-state index in [9.17, 15) is 0 Å². The Morgan fingerprint density at radius 3 is 2.70 bits per heavy atom. The summed E-state index contributed by atoms with van der Waals surface area (Å²) in [5.74, 6) is 0.237. The fraction of sp³-hybridized carbons (Fsp3) is 0.714. The topological polar surface area (TPSA) is 27.7 Å². The highest BCUT2D eigenvalue weighted by Gasteiger charge is 2.26. The van der Waals surface area contributed by atoms with Crippen LogP contribution < -0.4 is 0 Å². The van der Waals surface area contributed by atoms with E-state index < -0.39 is 5.79 Å². The Balaban J connectivity index is 2.39. The lowest BCUT2D eigenvalue weighted by atomic mass is 10.4. The molecule has 3 nitrogen and oxygen atoms in total. The Labute approximate surface area is 60.6 Å². The van der Waals surface area contributed by atoms with Gasteiger partial charge in [0.05, 0.1) is 0 Å². The highest BCUT2D eigenvalue weighted by Crippen LogP contribution is 2.23. The van der Waals surface area contributed by atoms with E-state index in [0.717, 1.165) is 5.76 Å². The molecule has 0 aromatic carbocycles. The van der Waals surface area contributed by atoms with Crippen molar-refractivity contribution in [2.24, 2.45) is 0 Å². The standard InChI is InChI=1S/C7H12O3/c1-7(2)9-5-6(10-7)4-8-3/h5H,4H2,1-3H3. The lowest BCUT2D eigenvalue weighted by Crippen LogP contribution is -2.20. The molecule has 0 fully saturated rings. The quantitative estimate of drug-likeness (QED) is 0.584. The molecule has 0 radical (unpaired) electrons. The Bertz CT molecular complexity index is 149. The van der Waals surface area contributed by atoms with Gasteiger partial charge in [-0.15, -0.1) is 0 Å². The van der Waals surface area contributed by atoms with Gasteiger partial charge in [0.15, 0.2) is 5.76 Å². The van der Waals surface area contributed by atoms with Crippen molar-refractivity contribution in [2.75, 3.05) is 13.7 Å². The molecule has 0 unspecified atom stereocenters. The van der Waals surface area contributed by atoms with Crippen LogP contribution >= 0.6 is 0 Å². The maximum absolute atomic E-state index is 5.30. The minimum atomic E-state index is -0.506. The largest absolute Gasteiger partial charge is 0.457 e. The molecular weight excluding hydrogens is 132 g/mol. The van der Waals surface area contributed by atoms with Crippen molar-refractivity contribution in [2.45, 2.75) is 19.6 Å². The summed E-state index contributed by atoms with van der Waals surface area (Å²) in [7, 11) is 1.62. The average molecular weight is 144 g/mol. The average Bonchev–Trinajstić information content (AvgIpc) is 2.12. The Morgan fingerprint density at radius 2 is 2.30 bits per heavy atom. The predicted molar refractivity (Wildman–Crippen MR) is 36.2 cm³/mol. The highest BCUT2D eigenvalue weighted by molar-refractivity contribution is 4.94. The van der Waals surface area contributed by atoms with E-state index in [1.807, 2.05) is 13.8 Å². The van der Waals surface area contributed by atoms with Crippen molar-refractivity contribution in [1.29, 1.82) is 0 Å². The smallest absolute Gasteiger partial charge is 0.244 e. The van der Waals surface area contributed by atoms with Crippen molar-refractivity contribution >= 4 is 0 Å². The van der Waals surface area contributed by atoms with Crippen LogP contribution in [0.25, 0.3) is 0 Å². The van der Waals surface area contributed by atoms with Gasteiger partial charge in [-0.2, -0.15) is 0 Å². The SMILES string of the molecule is COCC1=COC(C)(C)O1. The summed E-state index contributed by atoms with van der Waals surface area (Å²) in [5.41, 5.74) is 0. The molecule has 0 saturated carbocycles. The van der Waals surface area contributed by atoms with Gasteiger partial charge in [0, 0.05) is 21.0 Å². The van der Waals surface area contributed by atoms with Crippen LogP contribution in [0.1, 0.15) is 13.8 Å². The summed E-state index contributed by atoms with van der Waals surface area (Å²) in [5, 5.41) is 0. The molecule has 0 aliphatic carbocycles. The minimum Gasteiger partial charge on any atom is -0.457 e. The maximum Gasteiger partial charge on any atom is 0.244 e. The minimum absolute atomic E-state index is 0.476. The van der Waals surface area contributed by atoms with Crippen LogP contribution in [0, 0.1) is 0 Å². The van der Waals surface area contributed by atoms with Gasteiger partial charge in [0.1, 0.15) is 12.9 Å². The molecule has 0 N–H and O–H groups in total. The molecule has 10 heavy (non-hydrogen) atoms. The molecular formula is C7H12O3. The summed E-state index contributed by atoms with van der Waals surface area (Å²) in [6, 6.07) is 0. The van der Waals surface area contributed by atoms with Crippen molar-refractivity contribution < 1.29 is 14.2 Å². The van der Waals surface area contributed by atoms with Gasteiger partial charge in [-0.25, -0.2) is 0 Å². The molecule has 1 aliphatic heterocycles. The summed E-state index contributed by atoms with van der Waals surface area (Å²) in [6.45, 7) is 4.18. The highest BCUT2D eigenvalue weighted by atomic mass is 16.7. The second kappa shape index (κ2) is 2.50. The van der Waals surface area contributed by atoms with Crippen molar-refractivity contribution in [3.05, 3.63) is 12.0 Å². The molecule has 0 aromatic heterocycles. The number of methoxy groups -OCH3 is 1. The van der Waals surface area contributed by atoms with Crippen LogP contribution in [0.5, 0.6) is 0 Å². The molecule has 1 rings (SSSR count). The molecule has 0 aromatic rings. The van der Waals surface area contributed by atoms with E-state index in [1.165, 1.54) is 0 Å². The van der Waals surface area contributed by atoms with E-state index in [4.69, 9.17) is 14.2 Å². The van der Waals surface area contributed by atoms with Gasteiger partial charge in [-0.1, -0.05) is 0 Å². The number of hydrogen-bond donors (Lipinski definition) is 0. The molecule has 0 saturated heterocycles. The summed E-state index contributed by atoms with van der Waals surface area (Å²) >= 11 is 0. The first-order valence-electron chi connectivity index (χ1n) is 3.19. The van der Waals surface area contributed by atoms with E-state index in [-0.39, 0.29) is 0 Å². The predicted octanol–water partition coefficient (Wildman–Crippen LogP) is 1.26. The van der Waals surface area contributed by atoms with Crippen molar-refractivity contribution in [1.82, 2.24) is 0 Å². The molecule has 0 amide bonds. The molecule has 3 heteroatoms. The molecule has 0 bridgehead atoms. The van der Waals surface area contributed by atoms with Crippen molar-refractivity contribution in [3.63, 3.8) is 0 Å². The van der Waals surface area contributed by atoms with E-state index >= 15 is 0 Å². The van der Waals surface area contributed by atoms with Gasteiger partial charge in [0.2, 0.25) is 5.79 Å². The fourth-order valence-electron chi connectivity index (χ4n) is 0.777. The van der Waals surface area contributed by atoms with Crippen LogP contribution in [-0.2, 0) is 14.2 Å². The van der Waals surface area contributed by atoms with Gasteiger partial charge < -0.3 is 14.2 Å². The monoisotopic (exact) mass is 144 g/mol. The maximum atomic E-state index is 5.30. The molecule has 1 aliphatic rings. The van der Waals surface area contributed by atoms with Gasteiger partial charge in [-0.05, 0) is 0 Å². The summed E-state index contributed by atoms with van der Waals surface area (Å²) in [6.07, 6.45) is 1.59. The first-order chi connectivity index (χ1) is 4.64. The number of hydrogen-bond acceptors (Lipinski definition) is 3. The van der Waals surface area contributed by atoms with Crippen LogP contribution in [0.4, 0.5) is 0 Å².